The summed E-state index contributed by atoms with van der Waals surface area (Å²) in [6, 6.07) is 15.0. The molecular formula is C21H25ClN2O4S. The molecule has 1 amide bonds. The van der Waals surface area contributed by atoms with Crippen molar-refractivity contribution < 1.29 is 17.9 Å². The molecule has 0 aliphatic carbocycles. The van der Waals surface area contributed by atoms with E-state index in [0.717, 1.165) is 0 Å². The van der Waals surface area contributed by atoms with Gasteiger partial charge in [0.1, 0.15) is 5.75 Å². The summed E-state index contributed by atoms with van der Waals surface area (Å²) in [7, 11) is -3.56. The second-order valence-electron chi connectivity index (χ2n) is 7.57. The molecule has 29 heavy (non-hydrogen) atoms. The van der Waals surface area contributed by atoms with Crippen LogP contribution in [0.1, 0.15) is 26.7 Å². The number of carbonyl (C=O) groups is 1. The van der Waals surface area contributed by atoms with Gasteiger partial charge in [-0.05, 0) is 63.1 Å². The summed E-state index contributed by atoms with van der Waals surface area (Å²) in [6.07, 6.45) is 1.10. The van der Waals surface area contributed by atoms with Crippen molar-refractivity contribution in [2.75, 3.05) is 13.1 Å². The molecule has 6 nitrogen and oxygen atoms in total. The molecule has 8 heteroatoms. The molecule has 3 rings (SSSR count). The van der Waals surface area contributed by atoms with Gasteiger partial charge in [0.25, 0.3) is 5.91 Å². The number of piperidine rings is 1. The van der Waals surface area contributed by atoms with Gasteiger partial charge in [-0.25, -0.2) is 13.1 Å². The van der Waals surface area contributed by atoms with Crippen molar-refractivity contribution in [2.24, 2.45) is 0 Å². The number of hydrogen-bond donors (Lipinski definition) is 1. The topological polar surface area (TPSA) is 75.7 Å². The largest absolute Gasteiger partial charge is 0.478 e. The van der Waals surface area contributed by atoms with Gasteiger partial charge in [-0.3, -0.25) is 4.79 Å². The van der Waals surface area contributed by atoms with Gasteiger partial charge in [0.05, 0.1) is 4.90 Å². The normalized spacial score (nSPS) is 15.9. The van der Waals surface area contributed by atoms with Crippen LogP contribution in [-0.4, -0.2) is 44.0 Å². The van der Waals surface area contributed by atoms with E-state index in [4.69, 9.17) is 16.3 Å². The maximum Gasteiger partial charge on any atom is 0.266 e. The van der Waals surface area contributed by atoms with Gasteiger partial charge < -0.3 is 9.64 Å². The van der Waals surface area contributed by atoms with Gasteiger partial charge in [-0.15, -0.1) is 0 Å². The Labute approximate surface area is 176 Å². The first-order valence-electron chi connectivity index (χ1n) is 9.49. The lowest BCUT2D eigenvalue weighted by molar-refractivity contribution is -0.146. The highest BCUT2D eigenvalue weighted by molar-refractivity contribution is 7.89. The van der Waals surface area contributed by atoms with E-state index in [1.54, 1.807) is 73.3 Å². The second-order valence-corrected chi connectivity index (χ2v) is 9.72. The lowest BCUT2D eigenvalue weighted by Gasteiger charge is -2.37. The summed E-state index contributed by atoms with van der Waals surface area (Å²) in [5, 5.41) is 0.599. The quantitative estimate of drug-likeness (QED) is 0.752. The molecule has 1 heterocycles. The van der Waals surface area contributed by atoms with Crippen molar-refractivity contribution in [2.45, 2.75) is 43.2 Å². The van der Waals surface area contributed by atoms with Gasteiger partial charge >= 0.3 is 0 Å². The fraction of sp³-hybridized carbons (Fsp3) is 0.381. The van der Waals surface area contributed by atoms with Crippen LogP contribution in [-0.2, 0) is 14.8 Å². The molecule has 1 aliphatic heterocycles. The first-order chi connectivity index (χ1) is 13.7. The van der Waals surface area contributed by atoms with Crippen LogP contribution in [0.5, 0.6) is 5.75 Å². The molecule has 0 aromatic heterocycles. The minimum Gasteiger partial charge on any atom is -0.478 e. The highest BCUT2D eigenvalue weighted by atomic mass is 35.5. The van der Waals surface area contributed by atoms with Gasteiger partial charge in [-0.2, -0.15) is 0 Å². The van der Waals surface area contributed by atoms with E-state index >= 15 is 0 Å². The minimum atomic E-state index is -3.56. The first kappa shape index (κ1) is 21.6. The van der Waals surface area contributed by atoms with Crippen molar-refractivity contribution in [1.82, 2.24) is 9.62 Å². The fourth-order valence-corrected chi connectivity index (χ4v) is 4.76. The van der Waals surface area contributed by atoms with Gasteiger partial charge in [0, 0.05) is 24.2 Å². The summed E-state index contributed by atoms with van der Waals surface area (Å²) in [5.41, 5.74) is -1.04. The number of nitrogens with zero attached hydrogens (tertiary/aromatic N) is 1. The van der Waals surface area contributed by atoms with E-state index in [9.17, 15) is 13.2 Å². The second kappa shape index (κ2) is 8.73. The number of nitrogens with one attached hydrogen (secondary N) is 1. The molecular weight excluding hydrogens is 412 g/mol. The molecule has 1 saturated heterocycles. The minimum absolute atomic E-state index is 0.128. The molecule has 1 N–H and O–H groups in total. The molecule has 2 aromatic carbocycles. The summed E-state index contributed by atoms with van der Waals surface area (Å²) in [6.45, 7) is 4.39. The van der Waals surface area contributed by atoms with E-state index in [1.807, 2.05) is 0 Å². The lowest BCUT2D eigenvalue weighted by Crippen LogP contribution is -2.53. The lowest BCUT2D eigenvalue weighted by atomic mass is 10.0. The highest BCUT2D eigenvalue weighted by Gasteiger charge is 2.36. The Morgan fingerprint density at radius 2 is 1.66 bits per heavy atom. The molecule has 0 spiro atoms. The van der Waals surface area contributed by atoms with Crippen LogP contribution in [0, 0.1) is 0 Å². The maximum absolute atomic E-state index is 12.9. The molecule has 0 saturated carbocycles. The Kier molecular flexibility index (Phi) is 6.51. The average Bonchev–Trinajstić information content (AvgIpc) is 2.70. The molecule has 2 aromatic rings. The first-order valence-corrected chi connectivity index (χ1v) is 11.3. The zero-order chi connectivity index (χ0) is 21.1. The number of carbonyl (C=O) groups excluding carboxylic acids is 1. The van der Waals surface area contributed by atoms with Crippen molar-refractivity contribution in [3.05, 3.63) is 59.6 Å². The van der Waals surface area contributed by atoms with Crippen molar-refractivity contribution in [3.8, 4) is 5.75 Å². The van der Waals surface area contributed by atoms with E-state index in [1.165, 1.54) is 0 Å². The van der Waals surface area contributed by atoms with Crippen LogP contribution in [0.15, 0.2) is 59.5 Å². The molecule has 0 unspecified atom stereocenters. The zero-order valence-electron chi connectivity index (χ0n) is 16.5. The third-order valence-electron chi connectivity index (χ3n) is 4.86. The van der Waals surface area contributed by atoms with E-state index < -0.39 is 15.6 Å². The molecule has 1 aliphatic rings. The van der Waals surface area contributed by atoms with Crippen molar-refractivity contribution >= 4 is 27.5 Å². The maximum atomic E-state index is 12.9. The van der Waals surface area contributed by atoms with Crippen LogP contribution >= 0.6 is 11.6 Å². The Bertz CT molecular complexity index is 938. The fourth-order valence-electron chi connectivity index (χ4n) is 3.31. The standard InChI is InChI=1S/C21H25ClN2O4S/c1-21(2,28-18-10-8-16(22)9-11-18)20(25)24-14-12-17(13-15-24)23-29(26,27)19-6-4-3-5-7-19/h3-11,17,23H,12-15H2,1-2H3. The van der Waals surface area contributed by atoms with Crippen LogP contribution in [0.25, 0.3) is 0 Å². The van der Waals surface area contributed by atoms with Crippen LogP contribution in [0.2, 0.25) is 5.02 Å². The predicted molar refractivity (Wildman–Crippen MR) is 113 cm³/mol. The predicted octanol–water partition coefficient (Wildman–Crippen LogP) is 3.47. The van der Waals surface area contributed by atoms with Gasteiger partial charge in [0.2, 0.25) is 10.0 Å². The molecule has 1 fully saturated rings. The number of benzene rings is 2. The van der Waals surface area contributed by atoms with Crippen molar-refractivity contribution in [3.63, 3.8) is 0 Å². The van der Waals surface area contributed by atoms with E-state index in [-0.39, 0.29) is 16.8 Å². The average molecular weight is 437 g/mol. The third kappa shape index (κ3) is 5.50. The number of amides is 1. The number of hydrogen-bond acceptors (Lipinski definition) is 4. The number of likely N-dealkylation sites (tertiary alicyclic amines) is 1. The van der Waals surface area contributed by atoms with Crippen LogP contribution in [0.4, 0.5) is 0 Å². The summed E-state index contributed by atoms with van der Waals surface area (Å²) < 4.78 is 33.6. The molecule has 0 atom stereocenters. The summed E-state index contributed by atoms with van der Waals surface area (Å²) in [5.74, 6) is 0.440. The van der Waals surface area contributed by atoms with Gasteiger partial charge in [0.15, 0.2) is 5.60 Å². The monoisotopic (exact) mass is 436 g/mol. The zero-order valence-corrected chi connectivity index (χ0v) is 18.0. The van der Waals surface area contributed by atoms with E-state index in [0.29, 0.717) is 36.7 Å². The Morgan fingerprint density at radius 3 is 2.24 bits per heavy atom. The SMILES string of the molecule is CC(C)(Oc1ccc(Cl)cc1)C(=O)N1CCC(NS(=O)(=O)c2ccccc2)CC1. The Balaban J connectivity index is 1.57. The molecule has 0 bridgehead atoms. The van der Waals surface area contributed by atoms with Crippen LogP contribution in [0.3, 0.4) is 0 Å². The highest BCUT2D eigenvalue weighted by Crippen LogP contribution is 2.24. The number of ether oxygens (including phenoxy) is 1. The molecule has 0 radical (unpaired) electrons. The summed E-state index contributed by atoms with van der Waals surface area (Å²) in [4.78, 5) is 14.9. The third-order valence-corrected chi connectivity index (χ3v) is 6.65. The van der Waals surface area contributed by atoms with Crippen LogP contribution < -0.4 is 9.46 Å². The number of rotatable bonds is 6. The number of halogens is 1. The van der Waals surface area contributed by atoms with Crippen molar-refractivity contribution in [1.29, 1.82) is 0 Å². The Hall–Kier alpha value is -2.09. The Morgan fingerprint density at radius 1 is 1.07 bits per heavy atom. The summed E-state index contributed by atoms with van der Waals surface area (Å²) >= 11 is 5.89. The smallest absolute Gasteiger partial charge is 0.266 e. The number of sulfonamides is 1. The molecule has 156 valence electrons. The van der Waals surface area contributed by atoms with E-state index in [2.05, 4.69) is 4.72 Å². The van der Waals surface area contributed by atoms with Gasteiger partial charge in [-0.1, -0.05) is 29.8 Å².